The van der Waals surface area contributed by atoms with E-state index < -0.39 is 4.92 Å². The van der Waals surface area contributed by atoms with Gasteiger partial charge in [-0.2, -0.15) is 5.10 Å². The average molecular weight is 459 g/mol. The van der Waals surface area contributed by atoms with Crippen LogP contribution in [0.3, 0.4) is 0 Å². The largest absolute Gasteiger partial charge is 0.310 e. The molecular weight excluding hydrogens is 436 g/mol. The number of anilines is 1. The Labute approximate surface area is 177 Å². The molecule has 1 N–H and O–H groups in total. The second-order valence-electron chi connectivity index (χ2n) is 9.20. The Morgan fingerprint density at radius 2 is 1.90 bits per heavy atom. The molecule has 2 unspecified atom stereocenters. The summed E-state index contributed by atoms with van der Waals surface area (Å²) < 4.78 is 1.77. The van der Waals surface area contributed by atoms with Crippen molar-refractivity contribution < 1.29 is 9.72 Å². The van der Waals surface area contributed by atoms with Gasteiger partial charge in [0.05, 0.1) is 21.7 Å². The van der Waals surface area contributed by atoms with Crippen molar-refractivity contribution >= 4 is 33.3 Å². The van der Waals surface area contributed by atoms with Gasteiger partial charge in [-0.15, -0.1) is 0 Å². The molecule has 2 atom stereocenters. The first-order valence-electron chi connectivity index (χ1n) is 10.1. The first kappa shape index (κ1) is 18.8. The molecule has 152 valence electrons. The lowest BCUT2D eigenvalue weighted by atomic mass is 9.49. The lowest BCUT2D eigenvalue weighted by molar-refractivity contribution is -0.384. The highest BCUT2D eigenvalue weighted by Gasteiger charge is 2.59. The molecule has 4 aliphatic carbocycles. The van der Waals surface area contributed by atoms with Gasteiger partial charge in [0.25, 0.3) is 5.69 Å². The van der Waals surface area contributed by atoms with E-state index in [1.165, 1.54) is 31.4 Å². The molecule has 0 saturated heterocycles. The van der Waals surface area contributed by atoms with Crippen LogP contribution < -0.4 is 5.32 Å². The minimum Gasteiger partial charge on any atom is -0.310 e. The molecule has 1 aromatic carbocycles. The molecule has 1 aromatic heterocycles. The van der Waals surface area contributed by atoms with Crippen molar-refractivity contribution in [2.75, 3.05) is 5.32 Å². The van der Waals surface area contributed by atoms with E-state index in [0.717, 1.165) is 25.0 Å². The van der Waals surface area contributed by atoms with E-state index in [-0.39, 0.29) is 21.3 Å². The smallest absolute Gasteiger partial charge is 0.269 e. The predicted molar refractivity (Wildman–Crippen MR) is 112 cm³/mol. The third-order valence-corrected chi connectivity index (χ3v) is 7.78. The van der Waals surface area contributed by atoms with Crippen molar-refractivity contribution in [1.29, 1.82) is 0 Å². The number of nitrogens with one attached hydrogen (secondary N) is 1. The maximum atomic E-state index is 13.5. The van der Waals surface area contributed by atoms with Crippen LogP contribution in [0.5, 0.6) is 0 Å². The van der Waals surface area contributed by atoms with Crippen molar-refractivity contribution in [3.63, 3.8) is 0 Å². The normalized spacial score (nSPS) is 32.3. The van der Waals surface area contributed by atoms with Gasteiger partial charge in [-0.3, -0.25) is 14.9 Å². The summed E-state index contributed by atoms with van der Waals surface area (Å²) in [6, 6.07) is 8.05. The number of amides is 1. The summed E-state index contributed by atoms with van der Waals surface area (Å²) in [5, 5.41) is 18.6. The maximum absolute atomic E-state index is 13.5. The summed E-state index contributed by atoms with van der Waals surface area (Å²) in [5.74, 6) is 1.95. The number of aromatic nitrogens is 2. The number of hydrogen-bond acceptors (Lipinski definition) is 4. The van der Waals surface area contributed by atoms with Gasteiger partial charge < -0.3 is 5.32 Å². The predicted octanol–water partition coefficient (Wildman–Crippen LogP) is 4.76. The lowest BCUT2D eigenvalue weighted by Crippen LogP contribution is -2.57. The number of carbonyl (C=O) groups excluding carboxylic acids is 1. The second kappa shape index (κ2) is 6.39. The molecule has 29 heavy (non-hydrogen) atoms. The number of nitro benzene ring substituents is 1. The van der Waals surface area contributed by atoms with Crippen molar-refractivity contribution in [2.24, 2.45) is 17.3 Å². The number of non-ortho nitro benzene ring substituents is 1. The molecule has 7 nitrogen and oxygen atoms in total. The fourth-order valence-electron chi connectivity index (χ4n) is 6.17. The van der Waals surface area contributed by atoms with E-state index in [9.17, 15) is 14.9 Å². The first-order chi connectivity index (χ1) is 13.8. The van der Waals surface area contributed by atoms with E-state index >= 15 is 0 Å². The SMILES string of the molecule is Cc1cc(NC(=O)C23CC4CC(CC(Br)(C4)C2)C3)n(-c2ccc([N+](=O)[O-])cc2)n1. The number of aryl methyl sites for hydroxylation is 1. The molecule has 8 heteroatoms. The molecule has 2 aromatic rings. The summed E-state index contributed by atoms with van der Waals surface area (Å²) in [6.45, 7) is 1.87. The summed E-state index contributed by atoms with van der Waals surface area (Å²) in [6.07, 6.45) is 6.43. The highest BCUT2D eigenvalue weighted by Crippen LogP contribution is 2.64. The molecule has 0 spiro atoms. The number of nitrogens with zero attached hydrogens (tertiary/aromatic N) is 3. The van der Waals surface area contributed by atoms with E-state index in [1.54, 1.807) is 16.8 Å². The Bertz CT molecular complexity index is 986. The van der Waals surface area contributed by atoms with Crippen LogP contribution in [-0.4, -0.2) is 24.9 Å². The molecule has 1 heterocycles. The van der Waals surface area contributed by atoms with Crippen molar-refractivity contribution in [1.82, 2.24) is 9.78 Å². The van der Waals surface area contributed by atoms with Gasteiger partial charge in [-0.25, -0.2) is 4.68 Å². The van der Waals surface area contributed by atoms with Crippen LogP contribution in [-0.2, 0) is 4.79 Å². The number of halogens is 1. The van der Waals surface area contributed by atoms with Crippen LogP contribution in [0.25, 0.3) is 5.69 Å². The van der Waals surface area contributed by atoms with Crippen LogP contribution in [0.2, 0.25) is 0 Å². The van der Waals surface area contributed by atoms with Gasteiger partial charge in [0.1, 0.15) is 5.82 Å². The third-order valence-electron chi connectivity index (χ3n) is 6.85. The van der Waals surface area contributed by atoms with Crippen molar-refractivity contribution in [3.8, 4) is 5.69 Å². The van der Waals surface area contributed by atoms with Gasteiger partial charge in [0.2, 0.25) is 5.91 Å². The molecule has 4 saturated carbocycles. The Morgan fingerprint density at radius 3 is 2.48 bits per heavy atom. The zero-order valence-electron chi connectivity index (χ0n) is 16.2. The molecule has 4 bridgehead atoms. The Balaban J connectivity index is 1.43. The molecule has 6 rings (SSSR count). The van der Waals surface area contributed by atoms with Gasteiger partial charge in [-0.05, 0) is 69.4 Å². The second-order valence-corrected chi connectivity index (χ2v) is 10.9. The minimum absolute atomic E-state index is 0.0272. The zero-order valence-corrected chi connectivity index (χ0v) is 17.8. The number of carbonyl (C=O) groups is 1. The van der Waals surface area contributed by atoms with Gasteiger partial charge in [0.15, 0.2) is 0 Å². The van der Waals surface area contributed by atoms with Crippen LogP contribution in [0.4, 0.5) is 11.5 Å². The maximum Gasteiger partial charge on any atom is 0.269 e. The Kier molecular flexibility index (Phi) is 4.14. The van der Waals surface area contributed by atoms with Crippen LogP contribution in [0.15, 0.2) is 30.3 Å². The molecule has 4 aliphatic rings. The highest BCUT2D eigenvalue weighted by molar-refractivity contribution is 9.10. The van der Waals surface area contributed by atoms with Crippen LogP contribution >= 0.6 is 15.9 Å². The molecule has 4 fully saturated rings. The van der Waals surface area contributed by atoms with E-state index in [0.29, 0.717) is 23.3 Å². The van der Waals surface area contributed by atoms with E-state index in [4.69, 9.17) is 0 Å². The molecule has 1 amide bonds. The summed E-state index contributed by atoms with van der Waals surface area (Å²) >= 11 is 3.97. The Morgan fingerprint density at radius 1 is 1.24 bits per heavy atom. The standard InChI is InChI=1S/C21H23BrN4O3/c1-13-6-18(25(24-13)16-2-4-17(5-3-16)26(28)29)23-19(27)20-8-14-7-15(9-20)11-21(22,10-14)12-20/h2-6,14-15H,7-12H2,1H3,(H,23,27). The third kappa shape index (κ3) is 3.17. The monoisotopic (exact) mass is 458 g/mol. The van der Waals surface area contributed by atoms with Crippen LogP contribution in [0.1, 0.15) is 44.2 Å². The number of nitro groups is 1. The van der Waals surface area contributed by atoms with Gasteiger partial charge in [0, 0.05) is 22.5 Å². The van der Waals surface area contributed by atoms with Crippen molar-refractivity contribution in [2.45, 2.75) is 49.8 Å². The zero-order chi connectivity index (χ0) is 20.4. The fourth-order valence-corrected chi connectivity index (χ4v) is 7.62. The van der Waals surface area contributed by atoms with Crippen LogP contribution in [0, 0.1) is 34.3 Å². The van der Waals surface area contributed by atoms with Gasteiger partial charge in [-0.1, -0.05) is 15.9 Å². The first-order valence-corrected chi connectivity index (χ1v) is 10.9. The van der Waals surface area contributed by atoms with E-state index in [2.05, 4.69) is 26.3 Å². The highest BCUT2D eigenvalue weighted by atomic mass is 79.9. The number of benzene rings is 1. The van der Waals surface area contributed by atoms with Gasteiger partial charge >= 0.3 is 0 Å². The fraction of sp³-hybridized carbons (Fsp3) is 0.524. The Hall–Kier alpha value is -2.22. The quantitative estimate of drug-likeness (QED) is 0.406. The summed E-state index contributed by atoms with van der Waals surface area (Å²) in [7, 11) is 0. The molecular formula is C21H23BrN4O3. The summed E-state index contributed by atoms with van der Waals surface area (Å²) in [4.78, 5) is 24.0. The van der Waals surface area contributed by atoms with E-state index in [1.807, 2.05) is 13.0 Å². The average Bonchev–Trinajstić information content (AvgIpc) is 3.00. The molecule has 0 radical (unpaired) electrons. The number of hydrogen-bond donors (Lipinski definition) is 1. The number of rotatable bonds is 4. The minimum atomic E-state index is -0.427. The number of alkyl halides is 1. The summed E-state index contributed by atoms with van der Waals surface area (Å²) in [5.41, 5.74) is 1.17. The lowest BCUT2D eigenvalue weighted by Gasteiger charge is -2.59. The van der Waals surface area contributed by atoms with Crippen molar-refractivity contribution in [3.05, 3.63) is 46.1 Å². The topological polar surface area (TPSA) is 90.1 Å². The molecule has 0 aliphatic heterocycles.